The Morgan fingerprint density at radius 2 is 1.71 bits per heavy atom. The first-order valence-corrected chi connectivity index (χ1v) is 12.5. The van der Waals surface area contributed by atoms with E-state index in [4.69, 9.17) is 4.74 Å². The van der Waals surface area contributed by atoms with Gasteiger partial charge in [-0.2, -0.15) is 0 Å². The summed E-state index contributed by atoms with van der Waals surface area (Å²) in [6, 6.07) is 16.3. The molecule has 1 heterocycles. The second-order valence-corrected chi connectivity index (χ2v) is 10.4. The quantitative estimate of drug-likeness (QED) is 0.667. The number of hydrogen-bond donors (Lipinski definition) is 2. The zero-order valence-corrected chi connectivity index (χ0v) is 20.0. The van der Waals surface area contributed by atoms with Crippen LogP contribution in [-0.4, -0.2) is 53.7 Å². The van der Waals surface area contributed by atoms with Crippen LogP contribution in [0.15, 0.2) is 48.5 Å². The van der Waals surface area contributed by atoms with Crippen molar-refractivity contribution in [1.29, 1.82) is 0 Å². The number of hydrogen-bond acceptors (Lipinski definition) is 4. The molecule has 1 saturated carbocycles. The first kappa shape index (κ1) is 23.4. The molecular weight excluding hydrogens is 444 g/mol. The number of nitrogens with one attached hydrogen (secondary N) is 1. The van der Waals surface area contributed by atoms with E-state index >= 15 is 0 Å². The number of carboxylic acids is 1. The van der Waals surface area contributed by atoms with Crippen LogP contribution in [0.3, 0.4) is 0 Å². The molecule has 2 aliphatic carbocycles. The number of amides is 2. The molecule has 1 aliphatic heterocycles. The first-order chi connectivity index (χ1) is 16.9. The molecule has 3 atom stereocenters. The van der Waals surface area contributed by atoms with E-state index in [-0.39, 0.29) is 36.9 Å². The van der Waals surface area contributed by atoms with Gasteiger partial charge < -0.3 is 20.1 Å². The third-order valence-electron chi connectivity index (χ3n) is 7.99. The van der Waals surface area contributed by atoms with Crippen LogP contribution in [0, 0.1) is 11.3 Å². The van der Waals surface area contributed by atoms with Crippen molar-refractivity contribution in [2.75, 3.05) is 19.7 Å². The number of aliphatic carboxylic acids is 1. The van der Waals surface area contributed by atoms with Gasteiger partial charge in [0.25, 0.3) is 0 Å². The smallest absolute Gasteiger partial charge is 0.407 e. The lowest BCUT2D eigenvalue weighted by Gasteiger charge is -2.31. The third kappa shape index (κ3) is 4.51. The lowest BCUT2D eigenvalue weighted by atomic mass is 9.84. The monoisotopic (exact) mass is 476 g/mol. The molecule has 3 unspecified atom stereocenters. The normalized spacial score (nSPS) is 25.6. The molecule has 3 aliphatic rings. The van der Waals surface area contributed by atoms with Crippen molar-refractivity contribution in [3.63, 3.8) is 0 Å². The van der Waals surface area contributed by atoms with Crippen LogP contribution in [-0.2, 0) is 14.3 Å². The van der Waals surface area contributed by atoms with Crippen LogP contribution in [0.2, 0.25) is 0 Å². The third-order valence-corrected chi connectivity index (χ3v) is 7.99. The van der Waals surface area contributed by atoms with Gasteiger partial charge in [0.15, 0.2) is 0 Å². The Bertz CT molecular complexity index is 1100. The molecule has 0 aromatic heterocycles. The van der Waals surface area contributed by atoms with Crippen LogP contribution in [0.5, 0.6) is 0 Å². The fraction of sp³-hybridized carbons (Fsp3) is 0.464. The number of fused-ring (bicyclic) bond motifs is 3. The fourth-order valence-electron chi connectivity index (χ4n) is 5.93. The van der Waals surface area contributed by atoms with E-state index in [2.05, 4.69) is 29.6 Å². The number of alkyl carbamates (subject to hydrolysis) is 1. The van der Waals surface area contributed by atoms with E-state index in [1.54, 1.807) is 11.8 Å². The molecule has 2 aromatic carbocycles. The Morgan fingerprint density at radius 1 is 1.06 bits per heavy atom. The highest BCUT2D eigenvalue weighted by Crippen LogP contribution is 2.44. The minimum Gasteiger partial charge on any atom is -0.481 e. The summed E-state index contributed by atoms with van der Waals surface area (Å²) < 4.78 is 5.68. The van der Waals surface area contributed by atoms with Crippen LogP contribution >= 0.6 is 0 Å². The number of carboxylic acid groups (broad SMARTS) is 1. The van der Waals surface area contributed by atoms with Gasteiger partial charge in [0.05, 0.1) is 5.41 Å². The number of benzene rings is 2. The molecule has 2 fully saturated rings. The number of likely N-dealkylation sites (tertiary alicyclic amines) is 1. The summed E-state index contributed by atoms with van der Waals surface area (Å²) in [5, 5.41) is 12.4. The second-order valence-electron chi connectivity index (χ2n) is 10.4. The fourth-order valence-corrected chi connectivity index (χ4v) is 5.93. The SMILES string of the molecule is CC1(C(=O)O)CCN(C(=O)C2CCCC(NC(=O)OCC3c4ccccc4-c4ccccc43)C2)C1. The van der Waals surface area contributed by atoms with Crippen LogP contribution in [0.4, 0.5) is 4.79 Å². The maximum atomic E-state index is 13.1. The molecule has 7 nitrogen and oxygen atoms in total. The Balaban J connectivity index is 1.16. The molecule has 7 heteroatoms. The van der Waals surface area contributed by atoms with Crippen LogP contribution in [0.1, 0.15) is 56.1 Å². The van der Waals surface area contributed by atoms with Gasteiger partial charge in [-0.25, -0.2) is 4.79 Å². The molecule has 2 aromatic rings. The summed E-state index contributed by atoms with van der Waals surface area (Å²) >= 11 is 0. The average Bonchev–Trinajstić information content (AvgIpc) is 3.42. The van der Waals surface area contributed by atoms with Crippen molar-refractivity contribution >= 4 is 18.0 Å². The van der Waals surface area contributed by atoms with Gasteiger partial charge in [0.2, 0.25) is 5.91 Å². The second kappa shape index (κ2) is 9.36. The summed E-state index contributed by atoms with van der Waals surface area (Å²) in [7, 11) is 0. The highest BCUT2D eigenvalue weighted by molar-refractivity contribution is 5.82. The summed E-state index contributed by atoms with van der Waals surface area (Å²) in [4.78, 5) is 39.0. The Morgan fingerprint density at radius 3 is 2.34 bits per heavy atom. The highest BCUT2D eigenvalue weighted by atomic mass is 16.5. The number of nitrogens with zero attached hydrogens (tertiary/aromatic N) is 1. The van der Waals surface area contributed by atoms with Gasteiger partial charge in [-0.15, -0.1) is 0 Å². The molecule has 184 valence electrons. The molecule has 0 spiro atoms. The van der Waals surface area contributed by atoms with E-state index in [1.807, 2.05) is 24.3 Å². The molecule has 2 N–H and O–H groups in total. The average molecular weight is 477 g/mol. The Hall–Kier alpha value is -3.35. The topological polar surface area (TPSA) is 95.9 Å². The molecule has 0 radical (unpaired) electrons. The lowest BCUT2D eigenvalue weighted by molar-refractivity contribution is -0.147. The molecule has 0 bridgehead atoms. The standard InChI is InChI=1S/C28H32N2O5/c1-28(26(32)33)13-14-30(17-28)25(31)18-7-6-8-19(15-18)29-27(34)35-16-24-22-11-4-2-9-20(22)21-10-3-5-12-23(21)24/h2-5,9-12,18-19,24H,6-8,13-17H2,1H3,(H,29,34)(H,32,33). The van der Waals surface area contributed by atoms with Crippen molar-refractivity contribution in [2.24, 2.45) is 11.3 Å². The highest BCUT2D eigenvalue weighted by Gasteiger charge is 2.44. The van der Waals surface area contributed by atoms with Crippen molar-refractivity contribution < 1.29 is 24.2 Å². The minimum absolute atomic E-state index is 0.00699. The zero-order valence-electron chi connectivity index (χ0n) is 20.0. The van der Waals surface area contributed by atoms with E-state index in [0.29, 0.717) is 19.4 Å². The zero-order chi connectivity index (χ0) is 24.6. The molecule has 35 heavy (non-hydrogen) atoms. The van der Waals surface area contributed by atoms with E-state index < -0.39 is 17.5 Å². The molecule has 2 amide bonds. The number of ether oxygens (including phenoxy) is 1. The van der Waals surface area contributed by atoms with Gasteiger partial charge in [-0.05, 0) is 54.9 Å². The van der Waals surface area contributed by atoms with Crippen LogP contribution < -0.4 is 5.32 Å². The van der Waals surface area contributed by atoms with Gasteiger partial charge in [-0.3, -0.25) is 9.59 Å². The largest absolute Gasteiger partial charge is 0.481 e. The number of rotatable bonds is 5. The van der Waals surface area contributed by atoms with Gasteiger partial charge in [0.1, 0.15) is 6.61 Å². The lowest BCUT2D eigenvalue weighted by Crippen LogP contribution is -2.44. The van der Waals surface area contributed by atoms with E-state index in [1.165, 1.54) is 22.3 Å². The molecular formula is C28H32N2O5. The van der Waals surface area contributed by atoms with E-state index in [9.17, 15) is 19.5 Å². The summed E-state index contributed by atoms with van der Waals surface area (Å²) in [5.41, 5.74) is 3.84. The van der Waals surface area contributed by atoms with Gasteiger partial charge >= 0.3 is 12.1 Å². The Kier molecular flexibility index (Phi) is 6.26. The minimum atomic E-state index is -0.872. The first-order valence-electron chi connectivity index (χ1n) is 12.5. The Labute approximate surface area is 205 Å². The number of carbonyl (C=O) groups excluding carboxylic acids is 2. The summed E-state index contributed by atoms with van der Waals surface area (Å²) in [6.45, 7) is 2.69. The van der Waals surface area contributed by atoms with Gasteiger partial charge in [0, 0.05) is 31.0 Å². The van der Waals surface area contributed by atoms with Gasteiger partial charge in [-0.1, -0.05) is 55.0 Å². The maximum Gasteiger partial charge on any atom is 0.407 e. The van der Waals surface area contributed by atoms with Crippen molar-refractivity contribution in [3.05, 3.63) is 59.7 Å². The summed E-state index contributed by atoms with van der Waals surface area (Å²) in [5.74, 6) is -1.04. The molecule has 5 rings (SSSR count). The maximum absolute atomic E-state index is 13.1. The summed E-state index contributed by atoms with van der Waals surface area (Å²) in [6.07, 6.45) is 2.99. The molecule has 1 saturated heterocycles. The van der Waals surface area contributed by atoms with Crippen molar-refractivity contribution in [1.82, 2.24) is 10.2 Å². The van der Waals surface area contributed by atoms with Crippen LogP contribution in [0.25, 0.3) is 11.1 Å². The van der Waals surface area contributed by atoms with Crippen molar-refractivity contribution in [2.45, 2.75) is 51.0 Å². The number of carbonyl (C=O) groups is 3. The predicted octanol–water partition coefficient (Wildman–Crippen LogP) is 4.41. The van der Waals surface area contributed by atoms with Crippen molar-refractivity contribution in [3.8, 4) is 11.1 Å². The van der Waals surface area contributed by atoms with E-state index in [0.717, 1.165) is 19.3 Å². The predicted molar refractivity (Wildman–Crippen MR) is 131 cm³/mol.